The summed E-state index contributed by atoms with van der Waals surface area (Å²) in [6.45, 7) is 6.45. The third-order valence-corrected chi connectivity index (χ3v) is 3.71. The van der Waals surface area contributed by atoms with Crippen LogP contribution >= 0.6 is 15.9 Å². The minimum atomic E-state index is -0.198. The maximum Gasteiger partial charge on any atom is 0.224 e. The molecule has 1 unspecified atom stereocenters. The van der Waals surface area contributed by atoms with E-state index in [2.05, 4.69) is 36.5 Å². The lowest BCUT2D eigenvalue weighted by molar-refractivity contribution is 0.614. The predicted octanol–water partition coefficient (Wildman–Crippen LogP) is 4.29. The fourth-order valence-electron chi connectivity index (χ4n) is 1.88. The molecule has 1 aromatic heterocycles. The van der Waals surface area contributed by atoms with Crippen molar-refractivity contribution in [3.8, 4) is 0 Å². The molecule has 0 radical (unpaired) electrons. The molecule has 0 aliphatic carbocycles. The molecule has 4 nitrogen and oxygen atoms in total. The van der Waals surface area contributed by atoms with E-state index in [9.17, 15) is 4.39 Å². The second-order valence-electron chi connectivity index (χ2n) is 4.80. The van der Waals surface area contributed by atoms with Crippen molar-refractivity contribution in [2.75, 3.05) is 17.2 Å². The highest BCUT2D eigenvalue weighted by Crippen LogP contribution is 2.25. The van der Waals surface area contributed by atoms with Crippen LogP contribution in [0.4, 0.5) is 16.2 Å². The van der Waals surface area contributed by atoms with Crippen molar-refractivity contribution in [3.05, 3.63) is 45.8 Å². The van der Waals surface area contributed by atoms with Gasteiger partial charge in [-0.15, -0.1) is 0 Å². The SMILES string of the molecule is CCNc1ncc(Br)c(NC(C)c2ccc(C)c(F)c2)n1. The summed E-state index contributed by atoms with van der Waals surface area (Å²) in [7, 11) is 0. The number of rotatable bonds is 5. The van der Waals surface area contributed by atoms with Gasteiger partial charge in [0.15, 0.2) is 0 Å². The highest BCUT2D eigenvalue weighted by atomic mass is 79.9. The first-order valence-electron chi connectivity index (χ1n) is 6.80. The monoisotopic (exact) mass is 352 g/mol. The average molecular weight is 353 g/mol. The second kappa shape index (κ2) is 6.85. The quantitative estimate of drug-likeness (QED) is 0.842. The molecule has 1 heterocycles. The number of nitrogens with zero attached hydrogens (tertiary/aromatic N) is 2. The van der Waals surface area contributed by atoms with E-state index in [0.717, 1.165) is 16.6 Å². The molecule has 0 fully saturated rings. The number of nitrogens with one attached hydrogen (secondary N) is 2. The molecule has 1 atom stereocenters. The molecule has 2 N–H and O–H groups in total. The van der Waals surface area contributed by atoms with Gasteiger partial charge in [-0.2, -0.15) is 4.98 Å². The van der Waals surface area contributed by atoms with Crippen LogP contribution in [0.5, 0.6) is 0 Å². The topological polar surface area (TPSA) is 49.8 Å². The Hall–Kier alpha value is -1.69. The fraction of sp³-hybridized carbons (Fsp3) is 0.333. The van der Waals surface area contributed by atoms with Crippen molar-refractivity contribution in [2.24, 2.45) is 0 Å². The Balaban J connectivity index is 2.20. The summed E-state index contributed by atoms with van der Waals surface area (Å²) in [5, 5.41) is 6.33. The Bertz CT molecular complexity index is 633. The van der Waals surface area contributed by atoms with Gasteiger partial charge in [-0.3, -0.25) is 0 Å². The van der Waals surface area contributed by atoms with Gasteiger partial charge in [0.25, 0.3) is 0 Å². The summed E-state index contributed by atoms with van der Waals surface area (Å²) < 4.78 is 14.4. The smallest absolute Gasteiger partial charge is 0.224 e. The highest BCUT2D eigenvalue weighted by Gasteiger charge is 2.11. The lowest BCUT2D eigenvalue weighted by Crippen LogP contribution is -2.11. The van der Waals surface area contributed by atoms with E-state index in [4.69, 9.17) is 0 Å². The lowest BCUT2D eigenvalue weighted by Gasteiger charge is -2.17. The molecular formula is C15H18BrFN4. The number of anilines is 2. The van der Waals surface area contributed by atoms with Crippen LogP contribution in [-0.4, -0.2) is 16.5 Å². The van der Waals surface area contributed by atoms with E-state index in [0.29, 0.717) is 17.3 Å². The van der Waals surface area contributed by atoms with E-state index < -0.39 is 0 Å². The van der Waals surface area contributed by atoms with E-state index in [-0.39, 0.29) is 11.9 Å². The first-order chi connectivity index (χ1) is 10.0. The summed E-state index contributed by atoms with van der Waals surface area (Å²) in [5.41, 5.74) is 1.51. The molecule has 0 saturated heterocycles. The normalized spacial score (nSPS) is 12.0. The number of hydrogen-bond donors (Lipinski definition) is 2. The maximum absolute atomic E-state index is 13.6. The van der Waals surface area contributed by atoms with Gasteiger partial charge in [-0.1, -0.05) is 12.1 Å². The third kappa shape index (κ3) is 3.91. The van der Waals surface area contributed by atoms with Crippen LogP contribution in [0.15, 0.2) is 28.9 Å². The zero-order chi connectivity index (χ0) is 15.4. The molecule has 112 valence electrons. The van der Waals surface area contributed by atoms with Gasteiger partial charge >= 0.3 is 0 Å². The van der Waals surface area contributed by atoms with Gasteiger partial charge in [0.1, 0.15) is 11.6 Å². The molecule has 0 spiro atoms. The van der Waals surface area contributed by atoms with Gasteiger partial charge in [0, 0.05) is 12.7 Å². The fourth-order valence-corrected chi connectivity index (χ4v) is 2.18. The number of hydrogen-bond acceptors (Lipinski definition) is 4. The van der Waals surface area contributed by atoms with Crippen LogP contribution in [0, 0.1) is 12.7 Å². The third-order valence-electron chi connectivity index (χ3n) is 3.13. The predicted molar refractivity (Wildman–Crippen MR) is 87.1 cm³/mol. The van der Waals surface area contributed by atoms with Crippen molar-refractivity contribution >= 4 is 27.7 Å². The molecule has 1 aromatic carbocycles. The molecule has 0 saturated carbocycles. The van der Waals surface area contributed by atoms with Crippen LogP contribution in [0.2, 0.25) is 0 Å². The summed E-state index contributed by atoms with van der Waals surface area (Å²) in [5.74, 6) is 1.04. The zero-order valence-corrected chi connectivity index (χ0v) is 13.8. The minimum Gasteiger partial charge on any atom is -0.362 e. The van der Waals surface area contributed by atoms with Gasteiger partial charge in [0.2, 0.25) is 5.95 Å². The highest BCUT2D eigenvalue weighted by molar-refractivity contribution is 9.10. The number of benzene rings is 1. The summed E-state index contributed by atoms with van der Waals surface area (Å²) in [6.07, 6.45) is 1.69. The van der Waals surface area contributed by atoms with Gasteiger partial charge in [-0.05, 0) is 53.9 Å². The van der Waals surface area contributed by atoms with Crippen LogP contribution < -0.4 is 10.6 Å². The number of aromatic nitrogens is 2. The van der Waals surface area contributed by atoms with Crippen LogP contribution in [0.1, 0.15) is 31.0 Å². The molecule has 21 heavy (non-hydrogen) atoms. The zero-order valence-electron chi connectivity index (χ0n) is 12.2. The molecule has 2 aromatic rings. The molecule has 6 heteroatoms. The summed E-state index contributed by atoms with van der Waals surface area (Å²) in [4.78, 5) is 8.56. The Morgan fingerprint density at radius 3 is 2.81 bits per heavy atom. The van der Waals surface area contributed by atoms with Gasteiger partial charge in [-0.25, -0.2) is 9.37 Å². The summed E-state index contributed by atoms with van der Waals surface area (Å²) in [6, 6.07) is 5.17. The van der Waals surface area contributed by atoms with Crippen molar-refractivity contribution in [1.29, 1.82) is 0 Å². The molecule has 2 rings (SSSR count). The van der Waals surface area contributed by atoms with E-state index in [1.807, 2.05) is 19.9 Å². The number of aryl methyl sites for hydroxylation is 1. The first kappa shape index (κ1) is 15.7. The lowest BCUT2D eigenvalue weighted by atomic mass is 10.1. The molecule has 0 amide bonds. The molecule has 0 aliphatic heterocycles. The average Bonchev–Trinajstić information content (AvgIpc) is 2.45. The first-order valence-corrected chi connectivity index (χ1v) is 7.59. The standard InChI is InChI=1S/C15H18BrFN4/c1-4-18-15-19-8-12(16)14(21-15)20-10(3)11-6-5-9(2)13(17)7-11/h5-8,10H,4H2,1-3H3,(H2,18,19,20,21). The Kier molecular flexibility index (Phi) is 5.12. The van der Waals surface area contributed by atoms with Crippen LogP contribution in [0.3, 0.4) is 0 Å². The van der Waals surface area contributed by atoms with Crippen LogP contribution in [-0.2, 0) is 0 Å². The molecular weight excluding hydrogens is 335 g/mol. The minimum absolute atomic E-state index is 0.0687. The second-order valence-corrected chi connectivity index (χ2v) is 5.65. The maximum atomic E-state index is 13.6. The van der Waals surface area contributed by atoms with Crippen molar-refractivity contribution < 1.29 is 4.39 Å². The number of halogens is 2. The summed E-state index contributed by atoms with van der Waals surface area (Å²) >= 11 is 3.42. The van der Waals surface area contributed by atoms with Crippen molar-refractivity contribution in [1.82, 2.24) is 9.97 Å². The van der Waals surface area contributed by atoms with E-state index in [1.165, 1.54) is 0 Å². The van der Waals surface area contributed by atoms with Gasteiger partial charge in [0.05, 0.1) is 10.5 Å². The Morgan fingerprint density at radius 1 is 1.38 bits per heavy atom. The van der Waals surface area contributed by atoms with Crippen molar-refractivity contribution in [3.63, 3.8) is 0 Å². The van der Waals surface area contributed by atoms with Crippen LogP contribution in [0.25, 0.3) is 0 Å². The van der Waals surface area contributed by atoms with Gasteiger partial charge < -0.3 is 10.6 Å². The Morgan fingerprint density at radius 2 is 2.14 bits per heavy atom. The molecule has 0 bridgehead atoms. The molecule has 0 aliphatic rings. The van der Waals surface area contributed by atoms with Crippen molar-refractivity contribution in [2.45, 2.75) is 26.8 Å². The Labute approximate surface area is 132 Å². The van der Waals surface area contributed by atoms with E-state index >= 15 is 0 Å². The van der Waals surface area contributed by atoms with E-state index in [1.54, 1.807) is 25.3 Å². The largest absolute Gasteiger partial charge is 0.362 e.